The average molecular weight is 492 g/mol. The largest absolute Gasteiger partial charge is 0.497 e. The number of carbonyl (C=O) groups is 1. The summed E-state index contributed by atoms with van der Waals surface area (Å²) in [7, 11) is -1.36. The van der Waals surface area contributed by atoms with Crippen molar-refractivity contribution >= 4 is 21.4 Å². The summed E-state index contributed by atoms with van der Waals surface area (Å²) in [5, 5.41) is 26.5. The molecule has 0 saturated heterocycles. The quantitative estimate of drug-likeness (QED) is 0.298. The summed E-state index contributed by atoms with van der Waals surface area (Å²) in [6.45, 7) is 4.46. The fourth-order valence-electron chi connectivity index (χ4n) is 3.81. The van der Waals surface area contributed by atoms with Crippen LogP contribution in [0.25, 0.3) is 0 Å². The van der Waals surface area contributed by atoms with Gasteiger partial charge in [0.05, 0.1) is 7.11 Å². The molecule has 0 bridgehead atoms. The Bertz CT molecular complexity index is 1080. The Morgan fingerprint density at radius 1 is 1.12 bits per heavy atom. The molecule has 0 heterocycles. The van der Waals surface area contributed by atoms with Gasteiger partial charge in [0.25, 0.3) is 0 Å². The molecular weight excluding hydrogens is 458 g/mol. The molecule has 2 rings (SSSR count). The van der Waals surface area contributed by atoms with Crippen LogP contribution in [0.2, 0.25) is 0 Å². The number of carboxylic acid groups (broad SMARTS) is 1. The van der Waals surface area contributed by atoms with Crippen molar-refractivity contribution in [3.8, 4) is 5.75 Å². The van der Waals surface area contributed by atoms with Crippen LogP contribution in [0, 0.1) is 5.41 Å². The van der Waals surface area contributed by atoms with Crippen LogP contribution in [0.1, 0.15) is 31.4 Å². The van der Waals surface area contributed by atoms with Gasteiger partial charge in [-0.15, -0.1) is 0 Å². The number of aliphatic hydroxyl groups excluding tert-OH is 1. The molecule has 0 saturated carbocycles. The van der Waals surface area contributed by atoms with Crippen molar-refractivity contribution in [1.82, 2.24) is 10.6 Å². The summed E-state index contributed by atoms with van der Waals surface area (Å²) >= 11 is 0. The lowest BCUT2D eigenvalue weighted by molar-refractivity contribution is 0.101. The van der Waals surface area contributed by atoms with Crippen LogP contribution < -0.4 is 21.1 Å². The summed E-state index contributed by atoms with van der Waals surface area (Å²) in [4.78, 5) is 11.5. The minimum absolute atomic E-state index is 0.0117. The minimum Gasteiger partial charge on any atom is -0.497 e. The Morgan fingerprint density at radius 2 is 1.74 bits per heavy atom. The number of hydrogen-bond donors (Lipinski definition) is 5. The van der Waals surface area contributed by atoms with Crippen molar-refractivity contribution in [2.45, 2.75) is 38.3 Å². The standard InChI is InChI=1S/C24H33N3O6S/c1-23(2,13-14-25)16-26-21(34(31)32)20(28)24(27-22(29)30,15-17-7-5-4-6-8-17)18-9-11-19(33-3)12-10-18/h4-12,20,26-28H,13-16,25H2,1-3H3,(H,29,30)/t20-,24-/m0/s1. The van der Waals surface area contributed by atoms with E-state index < -0.39 is 33.0 Å². The van der Waals surface area contributed by atoms with Gasteiger partial charge in [-0.25, -0.2) is 4.79 Å². The maximum Gasteiger partial charge on any atom is 0.405 e. The summed E-state index contributed by atoms with van der Waals surface area (Å²) in [5.41, 5.74) is 4.65. The van der Waals surface area contributed by atoms with Gasteiger partial charge in [0.15, 0.2) is 0 Å². The van der Waals surface area contributed by atoms with E-state index in [1.54, 1.807) is 48.5 Å². The monoisotopic (exact) mass is 491 g/mol. The molecule has 0 aromatic heterocycles. The van der Waals surface area contributed by atoms with Gasteiger partial charge in [-0.1, -0.05) is 56.3 Å². The molecule has 6 N–H and O–H groups in total. The van der Waals surface area contributed by atoms with Gasteiger partial charge in [0, 0.05) is 13.0 Å². The normalized spacial score (nSPS) is 14.0. The van der Waals surface area contributed by atoms with Gasteiger partial charge in [-0.05, 0) is 41.6 Å². The van der Waals surface area contributed by atoms with E-state index in [0.29, 0.717) is 29.8 Å². The molecule has 9 nitrogen and oxygen atoms in total. The Hall–Kier alpha value is -2.92. The fourth-order valence-corrected chi connectivity index (χ4v) is 4.39. The number of hydrogen-bond acceptors (Lipinski definition) is 6. The molecule has 34 heavy (non-hydrogen) atoms. The Balaban J connectivity index is 2.64. The van der Waals surface area contributed by atoms with Crippen LogP contribution in [-0.2, 0) is 22.3 Å². The number of aliphatic hydroxyl groups is 1. The zero-order chi connectivity index (χ0) is 25.4. The highest BCUT2D eigenvalue weighted by Gasteiger charge is 2.45. The van der Waals surface area contributed by atoms with E-state index in [1.165, 1.54) is 7.11 Å². The predicted octanol–water partition coefficient (Wildman–Crippen LogP) is 1.74. The Morgan fingerprint density at radius 3 is 2.24 bits per heavy atom. The highest BCUT2D eigenvalue weighted by atomic mass is 32.2. The van der Waals surface area contributed by atoms with Gasteiger partial charge >= 0.3 is 6.09 Å². The minimum atomic E-state index is -2.85. The molecule has 2 atom stereocenters. The molecule has 2 aromatic carbocycles. The highest BCUT2D eigenvalue weighted by Crippen LogP contribution is 2.32. The van der Waals surface area contributed by atoms with E-state index in [9.17, 15) is 23.4 Å². The lowest BCUT2D eigenvalue weighted by Gasteiger charge is -2.39. The molecule has 0 radical (unpaired) electrons. The molecule has 0 unspecified atom stereocenters. The average Bonchev–Trinajstić information content (AvgIpc) is 2.78. The zero-order valence-corrected chi connectivity index (χ0v) is 20.4. The van der Waals surface area contributed by atoms with Crippen LogP contribution in [0.5, 0.6) is 5.75 Å². The number of ether oxygens (including phenoxy) is 1. The summed E-state index contributed by atoms with van der Waals surface area (Å²) in [5.74, 6) is 0.528. The molecular formula is C24H33N3O6S. The molecule has 186 valence electrons. The van der Waals surface area contributed by atoms with Crippen molar-refractivity contribution in [3.63, 3.8) is 0 Å². The SMILES string of the molecule is COc1ccc([C@](Cc2ccccc2)(NC(=O)O)[C@@H](O)C(NCC(C)(C)CCN)=S(=O)=O)cc1. The van der Waals surface area contributed by atoms with E-state index >= 15 is 0 Å². The third-order valence-corrected chi connectivity index (χ3v) is 6.44. The van der Waals surface area contributed by atoms with Gasteiger partial charge in [-0.3, -0.25) is 5.32 Å². The topological polar surface area (TPSA) is 151 Å². The second-order valence-electron chi connectivity index (χ2n) is 8.85. The Labute approximate surface area is 201 Å². The molecule has 0 aliphatic rings. The predicted molar refractivity (Wildman–Crippen MR) is 131 cm³/mol. The van der Waals surface area contributed by atoms with Crippen LogP contribution in [-0.4, -0.2) is 56.0 Å². The van der Waals surface area contributed by atoms with Gasteiger partial charge in [0.1, 0.15) is 22.4 Å². The molecule has 2 aromatic rings. The first-order valence-electron chi connectivity index (χ1n) is 10.8. The third kappa shape index (κ3) is 7.04. The van der Waals surface area contributed by atoms with Crippen LogP contribution in [0.15, 0.2) is 54.6 Å². The number of rotatable bonds is 11. The van der Waals surface area contributed by atoms with Crippen molar-refractivity contribution in [1.29, 1.82) is 0 Å². The van der Waals surface area contributed by atoms with Crippen molar-refractivity contribution in [3.05, 3.63) is 65.7 Å². The number of nitrogens with two attached hydrogens (primary N) is 1. The fraction of sp³-hybridized carbons (Fsp3) is 0.417. The first-order chi connectivity index (χ1) is 16.0. The number of amides is 1. The molecule has 10 heteroatoms. The number of nitrogens with one attached hydrogen (secondary N) is 2. The second-order valence-corrected chi connectivity index (χ2v) is 9.76. The molecule has 0 aliphatic heterocycles. The highest BCUT2D eigenvalue weighted by molar-refractivity contribution is 7.73. The van der Waals surface area contributed by atoms with E-state index in [1.807, 2.05) is 19.9 Å². The van der Waals surface area contributed by atoms with Crippen LogP contribution in [0.3, 0.4) is 0 Å². The summed E-state index contributed by atoms with van der Waals surface area (Å²) < 4.78 is 29.7. The molecule has 1 amide bonds. The molecule has 0 aliphatic carbocycles. The second kappa shape index (κ2) is 12.0. The molecule has 0 spiro atoms. The van der Waals surface area contributed by atoms with Crippen molar-refractivity contribution in [2.75, 3.05) is 20.2 Å². The maximum absolute atomic E-state index is 12.3. The lowest BCUT2D eigenvalue weighted by atomic mass is 9.78. The van der Waals surface area contributed by atoms with Crippen molar-refractivity contribution in [2.24, 2.45) is 11.1 Å². The van der Waals surface area contributed by atoms with E-state index in [0.717, 1.165) is 0 Å². The lowest BCUT2D eigenvalue weighted by Crippen LogP contribution is -2.60. The Kier molecular flexibility index (Phi) is 9.63. The van der Waals surface area contributed by atoms with Gasteiger partial charge in [0.2, 0.25) is 10.3 Å². The van der Waals surface area contributed by atoms with Crippen LogP contribution in [0.4, 0.5) is 4.79 Å². The number of benzene rings is 2. The van der Waals surface area contributed by atoms with E-state index in [4.69, 9.17) is 10.5 Å². The first kappa shape index (κ1) is 27.3. The smallest absolute Gasteiger partial charge is 0.405 e. The van der Waals surface area contributed by atoms with Gasteiger partial charge in [-0.2, -0.15) is 8.42 Å². The zero-order valence-electron chi connectivity index (χ0n) is 19.6. The summed E-state index contributed by atoms with van der Waals surface area (Å²) in [6.07, 6.45) is -2.56. The maximum atomic E-state index is 12.3. The molecule has 0 fully saturated rings. The third-order valence-electron chi connectivity index (χ3n) is 5.72. The number of methoxy groups -OCH3 is 1. The van der Waals surface area contributed by atoms with E-state index in [-0.39, 0.29) is 18.4 Å². The van der Waals surface area contributed by atoms with Crippen molar-refractivity contribution < 1.29 is 28.2 Å². The summed E-state index contributed by atoms with van der Waals surface area (Å²) in [6, 6.07) is 15.4. The van der Waals surface area contributed by atoms with Gasteiger partial charge < -0.3 is 26.0 Å². The first-order valence-corrected chi connectivity index (χ1v) is 11.9. The van der Waals surface area contributed by atoms with E-state index in [2.05, 4.69) is 10.6 Å². The van der Waals surface area contributed by atoms with Crippen LogP contribution >= 0.6 is 0 Å².